The van der Waals surface area contributed by atoms with Gasteiger partial charge in [0.05, 0.1) is 0 Å². The molecule has 1 saturated heterocycles. The molecule has 5 heteroatoms. The van der Waals surface area contributed by atoms with E-state index in [9.17, 15) is 4.39 Å². The van der Waals surface area contributed by atoms with E-state index < -0.39 is 0 Å². The first-order valence-corrected chi connectivity index (χ1v) is 7.71. The van der Waals surface area contributed by atoms with Crippen LogP contribution in [0.1, 0.15) is 18.4 Å². The molecule has 0 radical (unpaired) electrons. The van der Waals surface area contributed by atoms with Crippen molar-refractivity contribution < 1.29 is 4.39 Å². The Morgan fingerprint density at radius 2 is 2.12 bits per heavy atom. The molecular weight excluding hydrogens is 321 g/mol. The highest BCUT2D eigenvalue weighted by molar-refractivity contribution is 9.10. The van der Waals surface area contributed by atoms with Crippen LogP contribution in [0.4, 0.5) is 4.39 Å². The second kappa shape index (κ2) is 6.16. The predicted octanol–water partition coefficient (Wildman–Crippen LogP) is 4.20. The second-order valence-corrected chi connectivity index (χ2v) is 6.51. The SMILES string of the molecule is Fc1cc(Br)ccc1CSC(=S)N1CCCC1. The lowest BCUT2D eigenvalue weighted by Gasteiger charge is -2.17. The zero-order valence-electron chi connectivity index (χ0n) is 9.29. The fraction of sp³-hybridized carbons (Fsp3) is 0.417. The maximum absolute atomic E-state index is 13.6. The molecule has 1 aliphatic heterocycles. The molecule has 1 nitrogen and oxygen atoms in total. The summed E-state index contributed by atoms with van der Waals surface area (Å²) >= 11 is 10.1. The Hall–Kier alpha value is -0.130. The molecule has 0 atom stereocenters. The van der Waals surface area contributed by atoms with E-state index in [2.05, 4.69) is 20.8 Å². The summed E-state index contributed by atoms with van der Waals surface area (Å²) in [6, 6.07) is 5.16. The molecule has 0 unspecified atom stereocenters. The molecule has 0 spiro atoms. The van der Waals surface area contributed by atoms with Crippen molar-refractivity contribution in [3.63, 3.8) is 0 Å². The minimum atomic E-state index is -0.170. The third-order valence-electron chi connectivity index (χ3n) is 2.73. The Morgan fingerprint density at radius 3 is 2.76 bits per heavy atom. The molecule has 1 aliphatic rings. The zero-order chi connectivity index (χ0) is 12.3. The van der Waals surface area contributed by atoms with E-state index >= 15 is 0 Å². The van der Waals surface area contributed by atoms with E-state index in [1.165, 1.54) is 18.9 Å². The van der Waals surface area contributed by atoms with Crippen molar-refractivity contribution in [3.05, 3.63) is 34.1 Å². The molecule has 1 heterocycles. The Kier molecular flexibility index (Phi) is 4.82. The van der Waals surface area contributed by atoms with Crippen molar-refractivity contribution in [2.75, 3.05) is 13.1 Å². The predicted molar refractivity (Wildman–Crippen MR) is 78.8 cm³/mol. The summed E-state index contributed by atoms with van der Waals surface area (Å²) in [4.78, 5) is 2.21. The lowest BCUT2D eigenvalue weighted by Crippen LogP contribution is -2.23. The maximum Gasteiger partial charge on any atom is 0.136 e. The second-order valence-electron chi connectivity index (χ2n) is 3.98. The van der Waals surface area contributed by atoms with Crippen LogP contribution in [0.3, 0.4) is 0 Å². The summed E-state index contributed by atoms with van der Waals surface area (Å²) in [5.41, 5.74) is 0.708. The summed E-state index contributed by atoms with van der Waals surface area (Å²) in [6.07, 6.45) is 2.43. The van der Waals surface area contributed by atoms with E-state index in [0.717, 1.165) is 21.9 Å². The molecule has 0 N–H and O–H groups in total. The fourth-order valence-electron chi connectivity index (χ4n) is 1.77. The topological polar surface area (TPSA) is 3.24 Å². The van der Waals surface area contributed by atoms with Crippen LogP contribution in [0.25, 0.3) is 0 Å². The third-order valence-corrected chi connectivity index (χ3v) is 4.80. The first-order valence-electron chi connectivity index (χ1n) is 5.52. The number of benzene rings is 1. The van der Waals surface area contributed by atoms with Crippen LogP contribution in [0.5, 0.6) is 0 Å². The van der Waals surface area contributed by atoms with Crippen molar-refractivity contribution in [1.29, 1.82) is 0 Å². The molecule has 92 valence electrons. The first-order chi connectivity index (χ1) is 8.16. The van der Waals surface area contributed by atoms with Crippen LogP contribution >= 0.6 is 39.9 Å². The molecule has 0 amide bonds. The van der Waals surface area contributed by atoms with E-state index in [0.29, 0.717) is 11.3 Å². The Balaban J connectivity index is 1.90. The maximum atomic E-state index is 13.6. The van der Waals surface area contributed by atoms with Crippen LogP contribution < -0.4 is 0 Å². The van der Waals surface area contributed by atoms with E-state index in [4.69, 9.17) is 12.2 Å². The van der Waals surface area contributed by atoms with Crippen LogP contribution in [-0.2, 0) is 5.75 Å². The molecule has 1 fully saturated rings. The molecule has 0 bridgehead atoms. The van der Waals surface area contributed by atoms with E-state index in [-0.39, 0.29) is 5.82 Å². The summed E-state index contributed by atoms with van der Waals surface area (Å²) < 4.78 is 15.2. The molecule has 17 heavy (non-hydrogen) atoms. The van der Waals surface area contributed by atoms with Crippen molar-refractivity contribution in [1.82, 2.24) is 4.90 Å². The average molecular weight is 334 g/mol. The van der Waals surface area contributed by atoms with Crippen molar-refractivity contribution >= 4 is 44.2 Å². The Labute approximate surface area is 119 Å². The molecule has 1 aromatic carbocycles. The zero-order valence-corrected chi connectivity index (χ0v) is 12.5. The van der Waals surface area contributed by atoms with Crippen molar-refractivity contribution in [2.45, 2.75) is 18.6 Å². The average Bonchev–Trinajstić information content (AvgIpc) is 2.81. The van der Waals surface area contributed by atoms with Crippen LogP contribution in [-0.4, -0.2) is 22.3 Å². The quantitative estimate of drug-likeness (QED) is 0.746. The Morgan fingerprint density at radius 1 is 1.41 bits per heavy atom. The van der Waals surface area contributed by atoms with Gasteiger partial charge in [-0.2, -0.15) is 0 Å². The number of nitrogens with zero attached hydrogens (tertiary/aromatic N) is 1. The van der Waals surface area contributed by atoms with Gasteiger partial charge in [0.1, 0.15) is 10.1 Å². The lowest BCUT2D eigenvalue weighted by atomic mass is 10.2. The van der Waals surface area contributed by atoms with Crippen LogP contribution in [0.2, 0.25) is 0 Å². The summed E-state index contributed by atoms with van der Waals surface area (Å²) in [5.74, 6) is 0.435. The molecule has 0 aromatic heterocycles. The number of hydrogen-bond donors (Lipinski definition) is 0. The van der Waals surface area contributed by atoms with Crippen molar-refractivity contribution in [3.8, 4) is 0 Å². The highest BCUT2D eigenvalue weighted by Gasteiger charge is 2.15. The highest BCUT2D eigenvalue weighted by atomic mass is 79.9. The molecule has 0 aliphatic carbocycles. The van der Waals surface area contributed by atoms with Gasteiger partial charge in [0.25, 0.3) is 0 Å². The molecule has 0 saturated carbocycles. The van der Waals surface area contributed by atoms with Gasteiger partial charge in [-0.3, -0.25) is 0 Å². The summed E-state index contributed by atoms with van der Waals surface area (Å²) in [7, 11) is 0. The van der Waals surface area contributed by atoms with Crippen molar-refractivity contribution in [2.24, 2.45) is 0 Å². The summed E-state index contributed by atoms with van der Waals surface area (Å²) in [6.45, 7) is 2.10. The van der Waals surface area contributed by atoms with E-state index in [1.54, 1.807) is 17.8 Å². The number of hydrogen-bond acceptors (Lipinski definition) is 2. The van der Waals surface area contributed by atoms with Gasteiger partial charge in [-0.05, 0) is 30.5 Å². The van der Waals surface area contributed by atoms with Gasteiger partial charge in [0, 0.05) is 23.3 Å². The van der Waals surface area contributed by atoms with Gasteiger partial charge in [0.2, 0.25) is 0 Å². The number of likely N-dealkylation sites (tertiary alicyclic amines) is 1. The smallest absolute Gasteiger partial charge is 0.136 e. The normalized spacial score (nSPS) is 15.3. The number of thiocarbonyl (C=S) groups is 1. The van der Waals surface area contributed by atoms with E-state index in [1.807, 2.05) is 6.07 Å². The summed E-state index contributed by atoms with van der Waals surface area (Å²) in [5, 5.41) is 0. The van der Waals surface area contributed by atoms with Crippen LogP contribution in [0.15, 0.2) is 22.7 Å². The van der Waals surface area contributed by atoms with Gasteiger partial charge in [0.15, 0.2) is 0 Å². The van der Waals surface area contributed by atoms with Crippen LogP contribution in [0, 0.1) is 5.82 Å². The molecule has 1 aromatic rings. The molecular formula is C12H13BrFNS2. The Bertz CT molecular complexity index is 419. The van der Waals surface area contributed by atoms with Gasteiger partial charge >= 0.3 is 0 Å². The fourth-order valence-corrected chi connectivity index (χ4v) is 3.34. The minimum absolute atomic E-state index is 0.170. The number of halogens is 2. The number of rotatable bonds is 2. The van der Waals surface area contributed by atoms with Gasteiger partial charge < -0.3 is 4.90 Å². The number of thioether (sulfide) groups is 1. The molecule has 2 rings (SSSR count). The monoisotopic (exact) mass is 333 g/mol. The lowest BCUT2D eigenvalue weighted by molar-refractivity contribution is 0.539. The first kappa shape index (κ1) is 13.3. The standard InChI is InChI=1S/C12H13BrFNS2/c13-10-4-3-9(11(14)7-10)8-17-12(16)15-5-1-2-6-15/h3-4,7H,1-2,5-6,8H2. The third kappa shape index (κ3) is 3.66. The highest BCUT2D eigenvalue weighted by Crippen LogP contribution is 2.23. The van der Waals surface area contributed by atoms with Gasteiger partial charge in [-0.15, -0.1) is 0 Å². The van der Waals surface area contributed by atoms with Gasteiger partial charge in [-0.25, -0.2) is 4.39 Å². The minimum Gasteiger partial charge on any atom is -0.358 e. The van der Waals surface area contributed by atoms with Gasteiger partial charge in [-0.1, -0.05) is 46.0 Å². The largest absolute Gasteiger partial charge is 0.358 e.